The van der Waals surface area contributed by atoms with E-state index in [9.17, 15) is 18.0 Å². The van der Waals surface area contributed by atoms with Gasteiger partial charge in [-0.2, -0.15) is 13.2 Å². The van der Waals surface area contributed by atoms with E-state index in [0.717, 1.165) is 17.0 Å². The molecule has 0 saturated carbocycles. The quantitative estimate of drug-likeness (QED) is 0.852. The Balaban J connectivity index is 3.25. The van der Waals surface area contributed by atoms with E-state index < -0.39 is 23.6 Å². The van der Waals surface area contributed by atoms with Crippen LogP contribution in [-0.2, 0) is 11.0 Å². The molecule has 2 N–H and O–H groups in total. The number of carbonyl (C=O) groups is 1. The van der Waals surface area contributed by atoms with Crippen molar-refractivity contribution in [1.82, 2.24) is 0 Å². The molecule has 0 saturated heterocycles. The highest BCUT2D eigenvalue weighted by atomic mass is 32.1. The van der Waals surface area contributed by atoms with E-state index >= 15 is 0 Å². The normalized spacial score (nSPS) is 11.5. The van der Waals surface area contributed by atoms with Crippen LogP contribution in [-0.4, -0.2) is 11.0 Å². The monoisotopic (exact) mass is 290 g/mol. The van der Waals surface area contributed by atoms with Gasteiger partial charge in [-0.3, -0.25) is 9.69 Å². The van der Waals surface area contributed by atoms with Crippen LogP contribution in [0.2, 0.25) is 0 Å². The van der Waals surface area contributed by atoms with Crippen molar-refractivity contribution in [3.8, 4) is 0 Å². The molecule has 19 heavy (non-hydrogen) atoms. The molecule has 1 rings (SSSR count). The summed E-state index contributed by atoms with van der Waals surface area (Å²) in [5, 5.41) is -0.280. The highest BCUT2D eigenvalue weighted by molar-refractivity contribution is 7.80. The third kappa shape index (κ3) is 3.66. The van der Waals surface area contributed by atoms with Gasteiger partial charge in [-0.1, -0.05) is 19.9 Å². The van der Waals surface area contributed by atoms with Gasteiger partial charge in [0.2, 0.25) is 5.91 Å². The van der Waals surface area contributed by atoms with Gasteiger partial charge in [-0.15, -0.1) is 0 Å². The summed E-state index contributed by atoms with van der Waals surface area (Å²) >= 11 is 4.73. The molecule has 0 aliphatic heterocycles. The Morgan fingerprint density at radius 1 is 1.37 bits per heavy atom. The van der Waals surface area contributed by atoms with Gasteiger partial charge in [0.15, 0.2) is 5.11 Å². The van der Waals surface area contributed by atoms with Crippen molar-refractivity contribution in [2.75, 3.05) is 4.90 Å². The van der Waals surface area contributed by atoms with E-state index in [4.69, 9.17) is 18.0 Å². The first kappa shape index (κ1) is 15.4. The Hall–Kier alpha value is -1.63. The van der Waals surface area contributed by atoms with E-state index in [1.54, 1.807) is 13.8 Å². The van der Waals surface area contributed by atoms with Gasteiger partial charge in [-0.05, 0) is 30.4 Å². The molecule has 104 valence electrons. The lowest BCUT2D eigenvalue weighted by Gasteiger charge is -2.23. The molecule has 0 spiro atoms. The maximum Gasteiger partial charge on any atom is 0.416 e. The topological polar surface area (TPSA) is 46.3 Å². The SMILES string of the molecule is CC(C)C(=O)N(C(N)=S)c1cccc(C(F)(F)F)c1. The van der Waals surface area contributed by atoms with Gasteiger partial charge in [0, 0.05) is 5.92 Å². The van der Waals surface area contributed by atoms with Crippen LogP contribution in [0.25, 0.3) is 0 Å². The lowest BCUT2D eigenvalue weighted by Crippen LogP contribution is -2.43. The molecule has 3 nitrogen and oxygen atoms in total. The summed E-state index contributed by atoms with van der Waals surface area (Å²) in [5.74, 6) is -0.886. The van der Waals surface area contributed by atoms with E-state index in [2.05, 4.69) is 0 Å². The first-order valence-corrected chi connectivity index (χ1v) is 5.86. The molecule has 0 aromatic heterocycles. The molecule has 0 radical (unpaired) electrons. The molecule has 1 aromatic carbocycles. The summed E-state index contributed by atoms with van der Waals surface area (Å²) in [6.45, 7) is 3.22. The number of thiocarbonyl (C=S) groups is 1. The molecule has 0 heterocycles. The molecule has 0 bridgehead atoms. The second-order valence-corrected chi connectivity index (χ2v) is 4.63. The minimum atomic E-state index is -4.49. The van der Waals surface area contributed by atoms with Crippen LogP contribution in [0.15, 0.2) is 24.3 Å². The third-order valence-electron chi connectivity index (χ3n) is 2.37. The van der Waals surface area contributed by atoms with E-state index in [0.29, 0.717) is 0 Å². The third-order valence-corrected chi connectivity index (χ3v) is 2.55. The van der Waals surface area contributed by atoms with Crippen LogP contribution in [0.4, 0.5) is 18.9 Å². The van der Waals surface area contributed by atoms with E-state index in [1.165, 1.54) is 12.1 Å². The fraction of sp³-hybridized carbons (Fsp3) is 0.333. The zero-order chi connectivity index (χ0) is 14.8. The molecular formula is C12H13F3N2OS. The Labute approximate surface area is 114 Å². The van der Waals surface area contributed by atoms with Gasteiger partial charge in [-0.25, -0.2) is 0 Å². The number of carbonyl (C=O) groups excluding carboxylic acids is 1. The smallest absolute Gasteiger partial charge is 0.376 e. The minimum Gasteiger partial charge on any atom is -0.376 e. The van der Waals surface area contributed by atoms with Crippen LogP contribution >= 0.6 is 12.2 Å². The number of rotatable bonds is 2. The number of anilines is 1. The van der Waals surface area contributed by atoms with Crippen LogP contribution in [0.1, 0.15) is 19.4 Å². The molecule has 7 heteroatoms. The number of hydrogen-bond donors (Lipinski definition) is 1. The number of amides is 1. The number of hydrogen-bond acceptors (Lipinski definition) is 2. The number of alkyl halides is 3. The minimum absolute atomic E-state index is 0.0148. The zero-order valence-electron chi connectivity index (χ0n) is 10.4. The molecule has 0 atom stereocenters. The van der Waals surface area contributed by atoms with Crippen LogP contribution < -0.4 is 10.6 Å². The van der Waals surface area contributed by atoms with E-state index in [-0.39, 0.29) is 10.8 Å². The Bertz CT molecular complexity index is 500. The van der Waals surface area contributed by atoms with E-state index in [1.807, 2.05) is 0 Å². The number of nitrogens with zero attached hydrogens (tertiary/aromatic N) is 1. The van der Waals surface area contributed by atoms with Gasteiger partial charge < -0.3 is 5.73 Å². The summed E-state index contributed by atoms with van der Waals surface area (Å²) in [6, 6.07) is 4.33. The predicted octanol–water partition coefficient (Wildman–Crippen LogP) is 2.94. The Kier molecular flexibility index (Phi) is 4.52. The molecular weight excluding hydrogens is 277 g/mol. The molecule has 0 unspecified atom stereocenters. The molecule has 0 aliphatic rings. The summed E-state index contributed by atoms with van der Waals surface area (Å²) in [4.78, 5) is 12.8. The van der Waals surface area contributed by atoms with Gasteiger partial charge >= 0.3 is 6.18 Å². The van der Waals surface area contributed by atoms with Crippen molar-refractivity contribution in [2.45, 2.75) is 20.0 Å². The maximum absolute atomic E-state index is 12.6. The first-order valence-electron chi connectivity index (χ1n) is 5.45. The summed E-state index contributed by atoms with van der Waals surface area (Å²) in [6.07, 6.45) is -4.49. The van der Waals surface area contributed by atoms with Crippen molar-refractivity contribution in [3.05, 3.63) is 29.8 Å². The highest BCUT2D eigenvalue weighted by Gasteiger charge is 2.31. The fourth-order valence-corrected chi connectivity index (χ4v) is 1.64. The predicted molar refractivity (Wildman–Crippen MR) is 70.6 cm³/mol. The van der Waals surface area contributed by atoms with Gasteiger partial charge in [0.05, 0.1) is 11.3 Å². The van der Waals surface area contributed by atoms with Crippen molar-refractivity contribution >= 4 is 28.9 Å². The van der Waals surface area contributed by atoms with Crippen LogP contribution in [0.3, 0.4) is 0 Å². The van der Waals surface area contributed by atoms with Crippen LogP contribution in [0, 0.1) is 5.92 Å². The van der Waals surface area contributed by atoms with Crippen molar-refractivity contribution in [2.24, 2.45) is 11.7 Å². The van der Waals surface area contributed by atoms with Crippen molar-refractivity contribution in [3.63, 3.8) is 0 Å². The second-order valence-electron chi connectivity index (χ2n) is 4.21. The Morgan fingerprint density at radius 3 is 2.37 bits per heavy atom. The fourth-order valence-electron chi connectivity index (χ4n) is 1.44. The summed E-state index contributed by atoms with van der Waals surface area (Å²) < 4.78 is 37.9. The highest BCUT2D eigenvalue weighted by Crippen LogP contribution is 2.31. The maximum atomic E-state index is 12.6. The average molecular weight is 290 g/mol. The lowest BCUT2D eigenvalue weighted by molar-refractivity contribution is -0.137. The number of benzene rings is 1. The van der Waals surface area contributed by atoms with Crippen LogP contribution in [0.5, 0.6) is 0 Å². The first-order chi connectivity index (χ1) is 8.64. The van der Waals surface area contributed by atoms with Gasteiger partial charge in [0.1, 0.15) is 0 Å². The number of halogens is 3. The van der Waals surface area contributed by atoms with Crippen molar-refractivity contribution < 1.29 is 18.0 Å². The summed E-state index contributed by atoms with van der Waals surface area (Å²) in [7, 11) is 0. The lowest BCUT2D eigenvalue weighted by atomic mass is 10.1. The van der Waals surface area contributed by atoms with Gasteiger partial charge in [0.25, 0.3) is 0 Å². The zero-order valence-corrected chi connectivity index (χ0v) is 11.2. The average Bonchev–Trinajstić information content (AvgIpc) is 2.27. The Morgan fingerprint density at radius 2 is 1.95 bits per heavy atom. The molecule has 0 aliphatic carbocycles. The standard InChI is InChI=1S/C12H13F3N2OS/c1-7(2)10(18)17(11(16)19)9-5-3-4-8(6-9)12(13,14)15/h3-7H,1-2H3,(H2,16,19). The molecule has 1 amide bonds. The largest absolute Gasteiger partial charge is 0.416 e. The molecule has 0 fully saturated rings. The number of nitrogens with two attached hydrogens (primary N) is 1. The second kappa shape index (κ2) is 5.56. The molecule has 1 aromatic rings. The summed E-state index contributed by atoms with van der Waals surface area (Å²) in [5.41, 5.74) is 4.58. The van der Waals surface area contributed by atoms with Crippen molar-refractivity contribution in [1.29, 1.82) is 0 Å².